The number of hydrogen-bond acceptors (Lipinski definition) is 3. The van der Waals surface area contributed by atoms with Crippen LogP contribution in [0.4, 0.5) is 10.5 Å². The van der Waals surface area contributed by atoms with E-state index in [4.69, 9.17) is 0 Å². The first kappa shape index (κ1) is 18.4. The molecule has 1 saturated heterocycles. The zero-order chi connectivity index (χ0) is 18.1. The second kappa shape index (κ2) is 6.93. The summed E-state index contributed by atoms with van der Waals surface area (Å²) in [5.74, 6) is -0.535. The number of nitrogens with zero attached hydrogens (tertiary/aromatic N) is 1. The van der Waals surface area contributed by atoms with Crippen molar-refractivity contribution in [2.75, 3.05) is 11.9 Å². The van der Waals surface area contributed by atoms with Crippen LogP contribution in [-0.4, -0.2) is 34.8 Å². The van der Waals surface area contributed by atoms with Crippen molar-refractivity contribution in [3.63, 3.8) is 0 Å². The molecule has 2 rings (SSSR count). The van der Waals surface area contributed by atoms with E-state index in [2.05, 4.69) is 26.6 Å². The van der Waals surface area contributed by atoms with Crippen molar-refractivity contribution in [3.05, 3.63) is 28.2 Å². The smallest absolute Gasteiger partial charge is 0.323 e. The van der Waals surface area contributed by atoms with Gasteiger partial charge in [-0.3, -0.25) is 14.5 Å². The first-order valence-electron chi connectivity index (χ1n) is 7.82. The molecule has 6 nitrogen and oxygen atoms in total. The van der Waals surface area contributed by atoms with Crippen molar-refractivity contribution in [1.82, 2.24) is 10.2 Å². The van der Waals surface area contributed by atoms with Gasteiger partial charge in [-0.05, 0) is 59.8 Å². The molecule has 0 radical (unpaired) electrons. The zero-order valence-corrected chi connectivity index (χ0v) is 15.9. The van der Waals surface area contributed by atoms with Crippen LogP contribution in [0.2, 0.25) is 0 Å². The Morgan fingerprint density at radius 3 is 2.62 bits per heavy atom. The van der Waals surface area contributed by atoms with Crippen molar-refractivity contribution in [1.29, 1.82) is 0 Å². The Morgan fingerprint density at radius 2 is 2.04 bits per heavy atom. The number of nitrogens with one attached hydrogen (secondary N) is 2. The van der Waals surface area contributed by atoms with Crippen molar-refractivity contribution < 1.29 is 14.4 Å². The quantitative estimate of drug-likeness (QED) is 0.751. The van der Waals surface area contributed by atoms with Gasteiger partial charge in [0, 0.05) is 4.47 Å². The summed E-state index contributed by atoms with van der Waals surface area (Å²) in [4.78, 5) is 37.8. The SMILES string of the molecule is Cc1ccc(NC(=O)CN2C(=O)N[C@](C)(CC(C)C)C2=O)c(Br)c1. The van der Waals surface area contributed by atoms with E-state index < -0.39 is 17.5 Å². The summed E-state index contributed by atoms with van der Waals surface area (Å²) in [5.41, 5.74) is 0.705. The summed E-state index contributed by atoms with van der Waals surface area (Å²) in [6, 6.07) is 4.99. The molecule has 1 aliphatic rings. The number of hydrogen-bond donors (Lipinski definition) is 2. The summed E-state index contributed by atoms with van der Waals surface area (Å²) in [6.07, 6.45) is 0.527. The number of amides is 4. The molecule has 0 spiro atoms. The lowest BCUT2D eigenvalue weighted by Crippen LogP contribution is -2.45. The molecule has 0 aliphatic carbocycles. The minimum Gasteiger partial charge on any atom is -0.323 e. The van der Waals surface area contributed by atoms with Gasteiger partial charge >= 0.3 is 6.03 Å². The number of urea groups is 1. The van der Waals surface area contributed by atoms with Gasteiger partial charge in [0.05, 0.1) is 5.69 Å². The van der Waals surface area contributed by atoms with Gasteiger partial charge in [0.15, 0.2) is 0 Å². The number of carbonyl (C=O) groups excluding carboxylic acids is 3. The van der Waals surface area contributed by atoms with Gasteiger partial charge in [-0.1, -0.05) is 19.9 Å². The van der Waals surface area contributed by atoms with Crippen LogP contribution < -0.4 is 10.6 Å². The maximum absolute atomic E-state index is 12.5. The van der Waals surface area contributed by atoms with E-state index in [1.807, 2.05) is 32.9 Å². The van der Waals surface area contributed by atoms with Crippen molar-refractivity contribution >= 4 is 39.5 Å². The van der Waals surface area contributed by atoms with Gasteiger partial charge in [0.25, 0.3) is 5.91 Å². The van der Waals surface area contributed by atoms with E-state index in [9.17, 15) is 14.4 Å². The second-order valence-electron chi connectivity index (χ2n) is 6.78. The van der Waals surface area contributed by atoms with Crippen LogP contribution in [0, 0.1) is 12.8 Å². The Balaban J connectivity index is 2.06. The molecule has 1 aliphatic heterocycles. The number of anilines is 1. The molecule has 7 heteroatoms. The first-order valence-corrected chi connectivity index (χ1v) is 8.62. The van der Waals surface area contributed by atoms with E-state index in [0.717, 1.165) is 14.9 Å². The highest BCUT2D eigenvalue weighted by molar-refractivity contribution is 9.10. The molecule has 2 N–H and O–H groups in total. The number of halogens is 1. The van der Waals surface area contributed by atoms with Gasteiger partial charge in [-0.25, -0.2) is 4.79 Å². The number of benzene rings is 1. The van der Waals surface area contributed by atoms with Crippen LogP contribution in [0.1, 0.15) is 32.8 Å². The molecule has 4 amide bonds. The van der Waals surface area contributed by atoms with Gasteiger partial charge in [-0.15, -0.1) is 0 Å². The van der Waals surface area contributed by atoms with Crippen LogP contribution in [0.15, 0.2) is 22.7 Å². The highest BCUT2D eigenvalue weighted by Gasteiger charge is 2.48. The molecule has 1 aromatic carbocycles. The molecule has 1 atom stereocenters. The Kier molecular flexibility index (Phi) is 5.32. The van der Waals surface area contributed by atoms with Gasteiger partial charge in [0.2, 0.25) is 5.91 Å². The van der Waals surface area contributed by atoms with E-state index in [1.165, 1.54) is 0 Å². The maximum atomic E-state index is 12.5. The predicted octanol–water partition coefficient (Wildman–Crippen LogP) is 3.05. The predicted molar refractivity (Wildman–Crippen MR) is 95.6 cm³/mol. The molecular weight excluding hydrogens is 374 g/mol. The number of rotatable bonds is 5. The van der Waals surface area contributed by atoms with Gasteiger partial charge < -0.3 is 10.6 Å². The third kappa shape index (κ3) is 3.95. The highest BCUT2D eigenvalue weighted by Crippen LogP contribution is 2.26. The average Bonchev–Trinajstić information content (AvgIpc) is 2.64. The van der Waals surface area contributed by atoms with Crippen molar-refractivity contribution in [2.45, 2.75) is 39.7 Å². The lowest BCUT2D eigenvalue weighted by atomic mass is 9.91. The minimum absolute atomic E-state index is 0.247. The number of carbonyl (C=O) groups is 3. The molecule has 130 valence electrons. The van der Waals surface area contributed by atoms with Crippen LogP contribution >= 0.6 is 15.9 Å². The van der Waals surface area contributed by atoms with Crippen LogP contribution in [-0.2, 0) is 9.59 Å². The lowest BCUT2D eigenvalue weighted by molar-refractivity contribution is -0.133. The summed E-state index contributed by atoms with van der Waals surface area (Å²) in [5, 5.41) is 5.41. The Hall–Kier alpha value is -1.89. The fraction of sp³-hybridized carbons (Fsp3) is 0.471. The topological polar surface area (TPSA) is 78.5 Å². The minimum atomic E-state index is -0.948. The standard InChI is InChI=1S/C17H22BrN3O3/c1-10(2)8-17(4)15(23)21(16(24)20-17)9-14(22)19-13-6-5-11(3)7-12(13)18/h5-7,10H,8-9H2,1-4H3,(H,19,22)(H,20,24)/t17-/m1/s1. The zero-order valence-electron chi connectivity index (χ0n) is 14.3. The molecule has 0 unspecified atom stereocenters. The van der Waals surface area contributed by atoms with E-state index in [-0.39, 0.29) is 18.4 Å². The second-order valence-corrected chi connectivity index (χ2v) is 7.64. The molecule has 1 aromatic rings. The maximum Gasteiger partial charge on any atom is 0.325 e. The van der Waals surface area contributed by atoms with Gasteiger partial charge in [-0.2, -0.15) is 0 Å². The van der Waals surface area contributed by atoms with E-state index in [0.29, 0.717) is 12.1 Å². The first-order chi connectivity index (χ1) is 11.1. The fourth-order valence-electron chi connectivity index (χ4n) is 2.90. The van der Waals surface area contributed by atoms with E-state index >= 15 is 0 Å². The summed E-state index contributed by atoms with van der Waals surface area (Å²) in [6.45, 7) is 7.30. The molecule has 1 heterocycles. The average molecular weight is 396 g/mol. The van der Waals surface area contributed by atoms with Crippen molar-refractivity contribution in [3.8, 4) is 0 Å². The molecule has 0 saturated carbocycles. The largest absolute Gasteiger partial charge is 0.325 e. The number of aryl methyl sites for hydroxylation is 1. The third-order valence-electron chi connectivity index (χ3n) is 3.86. The fourth-order valence-corrected chi connectivity index (χ4v) is 3.49. The van der Waals surface area contributed by atoms with Crippen LogP contribution in [0.25, 0.3) is 0 Å². The van der Waals surface area contributed by atoms with Crippen molar-refractivity contribution in [2.24, 2.45) is 5.92 Å². The lowest BCUT2D eigenvalue weighted by Gasteiger charge is -2.23. The Labute approximate surface area is 150 Å². The monoisotopic (exact) mass is 395 g/mol. The third-order valence-corrected chi connectivity index (χ3v) is 4.52. The van der Waals surface area contributed by atoms with Crippen LogP contribution in [0.3, 0.4) is 0 Å². The number of imide groups is 1. The summed E-state index contributed by atoms with van der Waals surface area (Å²) >= 11 is 3.38. The molecule has 1 fully saturated rings. The van der Waals surface area contributed by atoms with Crippen LogP contribution in [0.5, 0.6) is 0 Å². The molecule has 0 aromatic heterocycles. The molecular formula is C17H22BrN3O3. The normalized spacial score (nSPS) is 20.5. The molecule has 0 bridgehead atoms. The molecule has 24 heavy (non-hydrogen) atoms. The summed E-state index contributed by atoms with van der Waals surface area (Å²) in [7, 11) is 0. The highest BCUT2D eigenvalue weighted by atomic mass is 79.9. The summed E-state index contributed by atoms with van der Waals surface area (Å²) < 4.78 is 0.748. The van der Waals surface area contributed by atoms with Gasteiger partial charge in [0.1, 0.15) is 12.1 Å². The Morgan fingerprint density at radius 1 is 1.38 bits per heavy atom. The van der Waals surface area contributed by atoms with E-state index in [1.54, 1.807) is 13.0 Å². The Bertz CT molecular complexity index is 690.